The van der Waals surface area contributed by atoms with Gasteiger partial charge < -0.3 is 9.84 Å². The number of aliphatic hydroxyl groups excluding tert-OH is 1. The number of carbonyl (C=O) groups excluding carboxylic acids is 1. The largest absolute Gasteiger partial charge is 0.497 e. The van der Waals surface area contributed by atoms with Gasteiger partial charge in [-0.3, -0.25) is 9.69 Å². The average molecular weight is 277 g/mol. The molecule has 0 saturated carbocycles. The molecule has 1 aliphatic heterocycles. The summed E-state index contributed by atoms with van der Waals surface area (Å²) < 4.78 is 5.10. The first kappa shape index (κ1) is 15.0. The molecule has 4 nitrogen and oxygen atoms in total. The molecule has 0 aliphatic carbocycles. The molecule has 1 fully saturated rings. The summed E-state index contributed by atoms with van der Waals surface area (Å²) in [5.41, 5.74) is 0.689. The van der Waals surface area contributed by atoms with Crippen LogP contribution in [0.1, 0.15) is 30.6 Å². The van der Waals surface area contributed by atoms with Crippen molar-refractivity contribution < 1.29 is 14.6 Å². The van der Waals surface area contributed by atoms with Crippen LogP contribution in [0.2, 0.25) is 0 Å². The quantitative estimate of drug-likeness (QED) is 0.836. The van der Waals surface area contributed by atoms with Crippen LogP contribution >= 0.6 is 0 Å². The van der Waals surface area contributed by atoms with Crippen molar-refractivity contribution in [3.63, 3.8) is 0 Å². The Morgan fingerprint density at radius 1 is 1.45 bits per heavy atom. The topological polar surface area (TPSA) is 49.8 Å². The summed E-state index contributed by atoms with van der Waals surface area (Å²) in [6.07, 6.45) is 1.03. The van der Waals surface area contributed by atoms with E-state index in [9.17, 15) is 9.90 Å². The van der Waals surface area contributed by atoms with E-state index in [1.165, 1.54) is 0 Å². The number of methoxy groups -OCH3 is 1. The van der Waals surface area contributed by atoms with Crippen molar-refractivity contribution in [1.29, 1.82) is 0 Å². The molecular formula is C16H23NO3. The molecule has 2 rings (SSSR count). The highest BCUT2D eigenvalue weighted by molar-refractivity contribution is 6.00. The lowest BCUT2D eigenvalue weighted by Crippen LogP contribution is -2.45. The molecule has 0 aromatic heterocycles. The number of benzene rings is 1. The van der Waals surface area contributed by atoms with Crippen LogP contribution in [-0.2, 0) is 0 Å². The Kier molecular flexibility index (Phi) is 4.78. The number of likely N-dealkylation sites (tertiary alicyclic amines) is 1. The van der Waals surface area contributed by atoms with Crippen LogP contribution < -0.4 is 4.74 Å². The molecule has 1 saturated heterocycles. The number of ether oxygens (including phenoxy) is 1. The molecule has 1 aliphatic rings. The number of ketones is 1. The van der Waals surface area contributed by atoms with Crippen LogP contribution in [0, 0.1) is 5.92 Å². The minimum absolute atomic E-state index is 0.0900. The van der Waals surface area contributed by atoms with E-state index >= 15 is 0 Å². The van der Waals surface area contributed by atoms with Crippen molar-refractivity contribution in [3.05, 3.63) is 29.8 Å². The van der Waals surface area contributed by atoms with Gasteiger partial charge in [0, 0.05) is 11.6 Å². The second-order valence-electron chi connectivity index (χ2n) is 5.52. The van der Waals surface area contributed by atoms with Gasteiger partial charge in [-0.05, 0) is 50.1 Å². The molecule has 0 amide bonds. The van der Waals surface area contributed by atoms with Gasteiger partial charge in [0.05, 0.1) is 19.8 Å². The van der Waals surface area contributed by atoms with Gasteiger partial charge in [0.2, 0.25) is 0 Å². The Balaban J connectivity index is 2.11. The van der Waals surface area contributed by atoms with Gasteiger partial charge in [-0.1, -0.05) is 6.92 Å². The Morgan fingerprint density at radius 3 is 2.65 bits per heavy atom. The van der Waals surface area contributed by atoms with Gasteiger partial charge in [-0.25, -0.2) is 0 Å². The summed E-state index contributed by atoms with van der Waals surface area (Å²) in [7, 11) is 1.61. The molecule has 1 aromatic rings. The summed E-state index contributed by atoms with van der Waals surface area (Å²) in [6, 6.07) is 7.08. The lowest BCUT2D eigenvalue weighted by molar-refractivity contribution is 0.0720. The molecule has 0 radical (unpaired) electrons. The molecule has 110 valence electrons. The lowest BCUT2D eigenvalue weighted by Gasteiger charge is -2.30. The standard InChI is InChI=1S/C16H23NO3/c1-11-8-9-17(15(11)10-18)12(2)16(19)13-4-6-14(20-3)7-5-13/h4-7,11-12,15,18H,8-10H2,1-3H3. The normalized spacial score (nSPS) is 24.6. The van der Waals surface area contributed by atoms with Gasteiger partial charge in [-0.2, -0.15) is 0 Å². The Morgan fingerprint density at radius 2 is 2.10 bits per heavy atom. The fourth-order valence-electron chi connectivity index (χ4n) is 2.95. The molecule has 3 atom stereocenters. The van der Waals surface area contributed by atoms with Gasteiger partial charge in [0.1, 0.15) is 5.75 Å². The SMILES string of the molecule is COc1ccc(C(=O)C(C)N2CCC(C)C2CO)cc1. The first-order valence-corrected chi connectivity index (χ1v) is 7.13. The fourth-order valence-corrected chi connectivity index (χ4v) is 2.95. The van der Waals surface area contributed by atoms with Gasteiger partial charge in [-0.15, -0.1) is 0 Å². The summed E-state index contributed by atoms with van der Waals surface area (Å²) >= 11 is 0. The van der Waals surface area contributed by atoms with Crippen molar-refractivity contribution in [2.75, 3.05) is 20.3 Å². The van der Waals surface area contributed by atoms with Crippen LogP contribution in [0.25, 0.3) is 0 Å². The highest BCUT2D eigenvalue weighted by Crippen LogP contribution is 2.27. The molecule has 3 unspecified atom stereocenters. The monoisotopic (exact) mass is 277 g/mol. The molecule has 1 heterocycles. The highest BCUT2D eigenvalue weighted by atomic mass is 16.5. The minimum Gasteiger partial charge on any atom is -0.497 e. The molecule has 20 heavy (non-hydrogen) atoms. The van der Waals surface area contributed by atoms with Gasteiger partial charge in [0.25, 0.3) is 0 Å². The van der Waals surface area contributed by atoms with Gasteiger partial charge in [0.15, 0.2) is 5.78 Å². The third kappa shape index (κ3) is 2.86. The maximum Gasteiger partial charge on any atom is 0.179 e. The number of carbonyl (C=O) groups is 1. The zero-order valence-electron chi connectivity index (χ0n) is 12.4. The number of hydrogen-bond donors (Lipinski definition) is 1. The zero-order valence-corrected chi connectivity index (χ0v) is 12.4. The number of Topliss-reactive ketones (excluding diaryl/α,β-unsaturated/α-hetero) is 1. The number of hydrogen-bond acceptors (Lipinski definition) is 4. The Labute approximate surface area is 120 Å². The van der Waals surface area contributed by atoms with Crippen LogP contribution in [0.15, 0.2) is 24.3 Å². The number of nitrogens with zero attached hydrogens (tertiary/aromatic N) is 1. The third-order valence-corrected chi connectivity index (χ3v) is 4.36. The lowest BCUT2D eigenvalue weighted by atomic mass is 10.0. The maximum absolute atomic E-state index is 12.5. The molecule has 1 aromatic carbocycles. The number of aliphatic hydroxyl groups is 1. The van der Waals surface area contributed by atoms with E-state index < -0.39 is 0 Å². The predicted octanol–water partition coefficient (Wildman–Crippen LogP) is 1.97. The van der Waals surface area contributed by atoms with E-state index in [-0.39, 0.29) is 24.5 Å². The third-order valence-electron chi connectivity index (χ3n) is 4.36. The molecular weight excluding hydrogens is 254 g/mol. The van der Waals surface area contributed by atoms with E-state index in [2.05, 4.69) is 11.8 Å². The second kappa shape index (κ2) is 6.37. The summed E-state index contributed by atoms with van der Waals surface area (Å²) in [6.45, 7) is 5.04. The molecule has 1 N–H and O–H groups in total. The van der Waals surface area contributed by atoms with Crippen LogP contribution in [0.5, 0.6) is 5.75 Å². The zero-order chi connectivity index (χ0) is 14.7. The van der Waals surface area contributed by atoms with Crippen LogP contribution in [-0.4, -0.2) is 48.1 Å². The van der Waals surface area contributed by atoms with Gasteiger partial charge >= 0.3 is 0 Å². The summed E-state index contributed by atoms with van der Waals surface area (Å²) in [4.78, 5) is 14.7. The molecule has 4 heteroatoms. The van der Waals surface area contributed by atoms with Crippen molar-refractivity contribution in [1.82, 2.24) is 4.90 Å². The molecule has 0 bridgehead atoms. The van der Waals surface area contributed by atoms with Crippen LogP contribution in [0.4, 0.5) is 0 Å². The van der Waals surface area contributed by atoms with E-state index in [1.807, 2.05) is 6.92 Å². The van der Waals surface area contributed by atoms with E-state index in [4.69, 9.17) is 4.74 Å². The first-order valence-electron chi connectivity index (χ1n) is 7.13. The summed E-state index contributed by atoms with van der Waals surface area (Å²) in [5.74, 6) is 1.28. The highest BCUT2D eigenvalue weighted by Gasteiger charge is 2.36. The predicted molar refractivity (Wildman–Crippen MR) is 78.1 cm³/mol. The average Bonchev–Trinajstić information content (AvgIpc) is 2.86. The maximum atomic E-state index is 12.5. The van der Waals surface area contributed by atoms with Crippen molar-refractivity contribution >= 4 is 5.78 Å². The minimum atomic E-state index is -0.203. The Hall–Kier alpha value is -1.39. The fraction of sp³-hybridized carbons (Fsp3) is 0.562. The number of rotatable bonds is 5. The van der Waals surface area contributed by atoms with E-state index in [0.29, 0.717) is 11.5 Å². The van der Waals surface area contributed by atoms with Crippen LogP contribution in [0.3, 0.4) is 0 Å². The Bertz CT molecular complexity index is 457. The smallest absolute Gasteiger partial charge is 0.179 e. The van der Waals surface area contributed by atoms with E-state index in [0.717, 1.165) is 18.7 Å². The second-order valence-corrected chi connectivity index (χ2v) is 5.52. The van der Waals surface area contributed by atoms with Crippen molar-refractivity contribution in [3.8, 4) is 5.75 Å². The van der Waals surface area contributed by atoms with Crippen molar-refractivity contribution in [2.45, 2.75) is 32.4 Å². The van der Waals surface area contributed by atoms with E-state index in [1.54, 1.807) is 31.4 Å². The van der Waals surface area contributed by atoms with Crippen molar-refractivity contribution in [2.24, 2.45) is 5.92 Å². The first-order chi connectivity index (χ1) is 9.58. The molecule has 0 spiro atoms. The summed E-state index contributed by atoms with van der Waals surface area (Å²) in [5, 5.41) is 9.51.